The van der Waals surface area contributed by atoms with E-state index in [9.17, 15) is 14.7 Å². The topological polar surface area (TPSA) is 93.4 Å². The number of carbonyl (C=O) groups is 2. The molecule has 6 rings (SSSR count). The zero-order chi connectivity index (χ0) is 28.3. The van der Waals surface area contributed by atoms with Crippen molar-refractivity contribution in [1.29, 1.82) is 0 Å². The zero-order valence-electron chi connectivity index (χ0n) is 22.2. The number of ether oxygens (including phenoxy) is 1. The van der Waals surface area contributed by atoms with E-state index in [4.69, 9.17) is 21.3 Å². The quantitative estimate of drug-likeness (QED) is 0.206. The summed E-state index contributed by atoms with van der Waals surface area (Å²) in [7, 11) is 0. The molecule has 1 saturated carbocycles. The van der Waals surface area contributed by atoms with Gasteiger partial charge in [0.15, 0.2) is 0 Å². The van der Waals surface area contributed by atoms with Gasteiger partial charge in [0.25, 0.3) is 5.91 Å². The lowest BCUT2D eigenvalue weighted by Gasteiger charge is -2.25. The van der Waals surface area contributed by atoms with Crippen molar-refractivity contribution in [1.82, 2.24) is 9.55 Å². The highest BCUT2D eigenvalue weighted by atomic mass is 35.5. The van der Waals surface area contributed by atoms with Crippen LogP contribution in [0.3, 0.4) is 0 Å². The van der Waals surface area contributed by atoms with Crippen LogP contribution in [0.25, 0.3) is 22.4 Å². The molecule has 0 bridgehead atoms. The fourth-order valence-corrected chi connectivity index (χ4v) is 5.49. The van der Waals surface area contributed by atoms with Gasteiger partial charge in [0.05, 0.1) is 16.6 Å². The smallest absolute Gasteiger partial charge is 0.335 e. The number of nitrogens with one attached hydrogen (secondary N) is 1. The van der Waals surface area contributed by atoms with Gasteiger partial charge in [0.1, 0.15) is 17.3 Å². The van der Waals surface area contributed by atoms with E-state index < -0.39 is 5.97 Å². The van der Waals surface area contributed by atoms with E-state index in [0.29, 0.717) is 39.3 Å². The first-order valence-corrected chi connectivity index (χ1v) is 14.0. The molecule has 4 aromatic carbocycles. The highest BCUT2D eigenvalue weighted by Crippen LogP contribution is 2.36. The molecule has 0 radical (unpaired) electrons. The van der Waals surface area contributed by atoms with Crippen LogP contribution in [-0.2, 0) is 0 Å². The Hall–Kier alpha value is -4.62. The van der Waals surface area contributed by atoms with Crippen LogP contribution in [0, 0.1) is 0 Å². The fraction of sp³-hybridized carbons (Fsp3) is 0.182. The molecule has 2 N–H and O–H groups in total. The van der Waals surface area contributed by atoms with Gasteiger partial charge < -0.3 is 19.7 Å². The Kier molecular flexibility index (Phi) is 7.44. The summed E-state index contributed by atoms with van der Waals surface area (Å²) in [6.45, 7) is 0. The van der Waals surface area contributed by atoms with E-state index in [-0.39, 0.29) is 11.5 Å². The lowest BCUT2D eigenvalue weighted by atomic mass is 9.94. The Balaban J connectivity index is 1.21. The lowest BCUT2D eigenvalue weighted by molar-refractivity contribution is 0.0696. The maximum Gasteiger partial charge on any atom is 0.335 e. The molecule has 0 unspecified atom stereocenters. The van der Waals surface area contributed by atoms with Gasteiger partial charge in [-0.2, -0.15) is 0 Å². The molecule has 0 spiro atoms. The number of carbonyl (C=O) groups excluding carboxylic acids is 1. The number of hydrogen-bond acceptors (Lipinski definition) is 4. The Bertz CT molecular complexity index is 1710. The maximum absolute atomic E-state index is 13.0. The van der Waals surface area contributed by atoms with Crippen molar-refractivity contribution in [2.75, 3.05) is 5.32 Å². The van der Waals surface area contributed by atoms with Crippen molar-refractivity contribution in [3.8, 4) is 22.9 Å². The molecule has 5 aromatic rings. The van der Waals surface area contributed by atoms with Crippen molar-refractivity contribution in [2.24, 2.45) is 0 Å². The summed E-state index contributed by atoms with van der Waals surface area (Å²) in [5, 5.41) is 13.0. The van der Waals surface area contributed by atoms with Crippen molar-refractivity contribution in [2.45, 2.75) is 38.1 Å². The van der Waals surface area contributed by atoms with Crippen LogP contribution in [0.15, 0.2) is 91.0 Å². The van der Waals surface area contributed by atoms with Crippen LogP contribution >= 0.6 is 11.6 Å². The summed E-state index contributed by atoms with van der Waals surface area (Å²) in [4.78, 5) is 29.4. The van der Waals surface area contributed by atoms with E-state index in [1.165, 1.54) is 6.42 Å². The van der Waals surface area contributed by atoms with Gasteiger partial charge in [-0.25, -0.2) is 9.78 Å². The molecule has 0 atom stereocenters. The Morgan fingerprint density at radius 2 is 1.46 bits per heavy atom. The normalized spacial score (nSPS) is 13.7. The third kappa shape index (κ3) is 5.81. The molecule has 206 valence electrons. The molecule has 7 nitrogen and oxygen atoms in total. The second-order valence-electron chi connectivity index (χ2n) is 10.2. The summed E-state index contributed by atoms with van der Waals surface area (Å²) in [5.74, 6) is 0.906. The number of nitrogens with zero attached hydrogens (tertiary/aromatic N) is 2. The molecule has 1 amide bonds. The Morgan fingerprint density at radius 1 is 0.829 bits per heavy atom. The third-order valence-electron chi connectivity index (χ3n) is 7.44. The largest absolute Gasteiger partial charge is 0.478 e. The van der Waals surface area contributed by atoms with E-state index in [0.717, 1.165) is 42.6 Å². The summed E-state index contributed by atoms with van der Waals surface area (Å²) < 4.78 is 8.07. The van der Waals surface area contributed by atoms with Gasteiger partial charge in [-0.1, -0.05) is 43.0 Å². The number of hydrogen-bond donors (Lipinski definition) is 2. The average molecular weight is 566 g/mol. The monoisotopic (exact) mass is 565 g/mol. The Morgan fingerprint density at radius 3 is 2.12 bits per heavy atom. The highest BCUT2D eigenvalue weighted by Gasteiger charge is 2.23. The number of fused-ring (bicyclic) bond motifs is 1. The number of anilines is 1. The number of amides is 1. The van der Waals surface area contributed by atoms with Gasteiger partial charge in [-0.3, -0.25) is 4.79 Å². The average Bonchev–Trinajstić information content (AvgIpc) is 3.39. The molecule has 41 heavy (non-hydrogen) atoms. The molecular weight excluding hydrogens is 538 g/mol. The number of halogens is 1. The molecule has 1 aliphatic carbocycles. The van der Waals surface area contributed by atoms with Gasteiger partial charge in [0.2, 0.25) is 0 Å². The summed E-state index contributed by atoms with van der Waals surface area (Å²) >= 11 is 5.93. The summed E-state index contributed by atoms with van der Waals surface area (Å²) in [6.07, 6.45) is 5.66. The van der Waals surface area contributed by atoms with Gasteiger partial charge in [-0.05, 0) is 91.7 Å². The first kappa shape index (κ1) is 26.6. The predicted octanol–water partition coefficient (Wildman–Crippen LogP) is 8.60. The van der Waals surface area contributed by atoms with Crippen molar-refractivity contribution >= 4 is 40.2 Å². The molecule has 1 aromatic heterocycles. The van der Waals surface area contributed by atoms with Gasteiger partial charge in [-0.15, -0.1) is 0 Å². The van der Waals surface area contributed by atoms with Gasteiger partial charge >= 0.3 is 5.97 Å². The lowest BCUT2D eigenvalue weighted by Crippen LogP contribution is -2.14. The van der Waals surface area contributed by atoms with Crippen LogP contribution in [0.2, 0.25) is 5.02 Å². The second kappa shape index (κ2) is 11.5. The SMILES string of the molecule is O=C(O)c1ccc2c(c1)nc(-c1ccc(C(=O)Nc3ccc(Oc4ccc(Cl)cc4)cc3)cc1)n2C1CCCCC1. The molecule has 0 saturated heterocycles. The number of imidazole rings is 1. The zero-order valence-corrected chi connectivity index (χ0v) is 23.0. The first-order valence-electron chi connectivity index (χ1n) is 13.7. The minimum absolute atomic E-state index is 0.217. The number of carboxylic acids is 1. The predicted molar refractivity (Wildman–Crippen MR) is 160 cm³/mol. The van der Waals surface area contributed by atoms with Gasteiger partial charge in [0, 0.05) is 27.9 Å². The highest BCUT2D eigenvalue weighted by molar-refractivity contribution is 6.30. The number of benzene rings is 4. The first-order chi connectivity index (χ1) is 19.9. The van der Waals surface area contributed by atoms with Crippen LogP contribution in [0.4, 0.5) is 5.69 Å². The number of carboxylic acid groups (broad SMARTS) is 1. The molecule has 1 heterocycles. The van der Waals surface area contributed by atoms with E-state index in [1.54, 1.807) is 72.8 Å². The molecular formula is C33H28ClN3O4. The number of aromatic nitrogens is 2. The van der Waals surface area contributed by atoms with Crippen LogP contribution in [0.5, 0.6) is 11.5 Å². The van der Waals surface area contributed by atoms with Crippen LogP contribution in [-0.4, -0.2) is 26.5 Å². The molecule has 8 heteroatoms. The van der Waals surface area contributed by atoms with Crippen molar-refractivity contribution < 1.29 is 19.4 Å². The fourth-order valence-electron chi connectivity index (χ4n) is 5.36. The summed E-state index contributed by atoms with van der Waals surface area (Å²) in [5.41, 5.74) is 3.86. The standard InChI is InChI=1S/C33H28ClN3O4/c34-24-11-15-27(16-12-24)41-28-17-13-25(14-18-28)35-32(38)22-8-6-21(7-9-22)31-36-29-20-23(33(39)40)10-19-30(29)37(31)26-4-2-1-3-5-26/h6-20,26H,1-5H2,(H,35,38)(H,39,40). The van der Waals surface area contributed by atoms with Crippen molar-refractivity contribution in [3.05, 3.63) is 107 Å². The summed E-state index contributed by atoms with van der Waals surface area (Å²) in [6, 6.07) is 27.1. The molecule has 1 fully saturated rings. The minimum Gasteiger partial charge on any atom is -0.478 e. The van der Waals surface area contributed by atoms with E-state index >= 15 is 0 Å². The van der Waals surface area contributed by atoms with Crippen LogP contribution < -0.4 is 10.1 Å². The third-order valence-corrected chi connectivity index (χ3v) is 7.70. The second-order valence-corrected chi connectivity index (χ2v) is 10.7. The molecule has 0 aliphatic heterocycles. The molecule has 1 aliphatic rings. The maximum atomic E-state index is 13.0. The number of rotatable bonds is 7. The van der Waals surface area contributed by atoms with Crippen LogP contribution in [0.1, 0.15) is 58.9 Å². The van der Waals surface area contributed by atoms with E-state index in [2.05, 4.69) is 9.88 Å². The minimum atomic E-state index is -0.972. The van der Waals surface area contributed by atoms with Crippen molar-refractivity contribution in [3.63, 3.8) is 0 Å². The number of aromatic carboxylic acids is 1. The van der Waals surface area contributed by atoms with E-state index in [1.807, 2.05) is 18.2 Å². The Labute approximate surface area is 242 Å².